The quantitative estimate of drug-likeness (QED) is 0.520. The highest BCUT2D eigenvalue weighted by Gasteiger charge is 2.23. The van der Waals surface area contributed by atoms with Gasteiger partial charge in [-0.3, -0.25) is 9.89 Å². The minimum Gasteiger partial charge on any atom is -0.379 e. The number of hydrogen-bond acceptors (Lipinski definition) is 6. The van der Waals surface area contributed by atoms with E-state index in [0.29, 0.717) is 6.04 Å². The van der Waals surface area contributed by atoms with Gasteiger partial charge in [-0.05, 0) is 25.3 Å². The van der Waals surface area contributed by atoms with Crippen molar-refractivity contribution < 1.29 is 4.74 Å². The SMILES string of the molecule is CCNC(=NCC(c1cccs1)N1CCOCC1)NCCc1ncc(C)s1. The Labute approximate surface area is 169 Å². The third-order valence-electron chi connectivity index (χ3n) is 4.43. The van der Waals surface area contributed by atoms with Gasteiger partial charge in [0.05, 0.1) is 30.8 Å². The van der Waals surface area contributed by atoms with E-state index in [0.717, 1.165) is 58.3 Å². The topological polar surface area (TPSA) is 61.8 Å². The van der Waals surface area contributed by atoms with Crippen LogP contribution in [0.15, 0.2) is 28.7 Å². The van der Waals surface area contributed by atoms with Crippen molar-refractivity contribution >= 4 is 28.6 Å². The van der Waals surface area contributed by atoms with Gasteiger partial charge in [-0.25, -0.2) is 4.98 Å². The van der Waals surface area contributed by atoms with Crippen molar-refractivity contribution in [2.75, 3.05) is 45.9 Å². The molecule has 2 N–H and O–H groups in total. The summed E-state index contributed by atoms with van der Waals surface area (Å²) in [4.78, 5) is 14.4. The minimum absolute atomic E-state index is 0.311. The number of guanidine groups is 1. The summed E-state index contributed by atoms with van der Waals surface area (Å²) in [6.07, 6.45) is 2.86. The van der Waals surface area contributed by atoms with Gasteiger partial charge >= 0.3 is 0 Å². The van der Waals surface area contributed by atoms with Gasteiger partial charge < -0.3 is 15.4 Å². The molecule has 0 radical (unpaired) electrons. The Hall–Kier alpha value is -1.48. The lowest BCUT2D eigenvalue weighted by molar-refractivity contribution is 0.0186. The number of thiazole rings is 1. The molecule has 2 aromatic heterocycles. The first-order valence-corrected chi connectivity index (χ1v) is 11.2. The zero-order valence-corrected chi connectivity index (χ0v) is 17.7. The van der Waals surface area contributed by atoms with E-state index in [4.69, 9.17) is 9.73 Å². The predicted molar refractivity (Wildman–Crippen MR) is 114 cm³/mol. The standard InChI is InChI=1S/C19H29N5OS2/c1-3-20-19(21-7-6-18-22-13-15(2)27-18)23-14-16(17-5-4-12-26-17)24-8-10-25-11-9-24/h4-5,12-13,16H,3,6-11,14H2,1-2H3,(H2,20,21,23). The Morgan fingerprint density at radius 3 is 2.89 bits per heavy atom. The number of hydrogen-bond donors (Lipinski definition) is 2. The van der Waals surface area contributed by atoms with Gasteiger partial charge in [0.25, 0.3) is 0 Å². The Balaban J connectivity index is 1.60. The summed E-state index contributed by atoms with van der Waals surface area (Å²) in [5.41, 5.74) is 0. The molecule has 6 nitrogen and oxygen atoms in total. The molecule has 1 saturated heterocycles. The number of aryl methyl sites for hydroxylation is 1. The van der Waals surface area contributed by atoms with Crippen LogP contribution in [0.3, 0.4) is 0 Å². The van der Waals surface area contributed by atoms with Crippen molar-refractivity contribution in [2.45, 2.75) is 26.3 Å². The summed E-state index contributed by atoms with van der Waals surface area (Å²) in [5, 5.41) is 10.1. The molecule has 2 aromatic rings. The lowest BCUT2D eigenvalue weighted by Crippen LogP contribution is -2.42. The zero-order valence-electron chi connectivity index (χ0n) is 16.1. The number of thiophene rings is 1. The highest BCUT2D eigenvalue weighted by atomic mass is 32.1. The smallest absolute Gasteiger partial charge is 0.191 e. The van der Waals surface area contributed by atoms with Gasteiger partial charge in [-0.15, -0.1) is 22.7 Å². The molecule has 3 rings (SSSR count). The molecular weight excluding hydrogens is 378 g/mol. The maximum atomic E-state index is 5.52. The fourth-order valence-corrected chi connectivity index (χ4v) is 4.72. The van der Waals surface area contributed by atoms with Gasteiger partial charge in [0.15, 0.2) is 5.96 Å². The van der Waals surface area contributed by atoms with E-state index in [1.54, 1.807) is 11.3 Å². The molecule has 1 fully saturated rings. The van der Waals surface area contributed by atoms with Crippen LogP contribution in [0, 0.1) is 6.92 Å². The third-order valence-corrected chi connectivity index (χ3v) is 6.37. The molecule has 3 heterocycles. The Morgan fingerprint density at radius 1 is 1.37 bits per heavy atom. The van der Waals surface area contributed by atoms with Crippen LogP contribution in [-0.2, 0) is 11.2 Å². The molecule has 1 unspecified atom stereocenters. The molecule has 0 spiro atoms. The van der Waals surface area contributed by atoms with Crippen LogP contribution in [0.25, 0.3) is 0 Å². The lowest BCUT2D eigenvalue weighted by Gasteiger charge is -2.33. The number of nitrogens with zero attached hydrogens (tertiary/aromatic N) is 3. The molecule has 0 aliphatic carbocycles. The van der Waals surface area contributed by atoms with Crippen LogP contribution in [0.2, 0.25) is 0 Å². The van der Waals surface area contributed by atoms with Crippen LogP contribution in [0.4, 0.5) is 0 Å². The van der Waals surface area contributed by atoms with Crippen molar-refractivity contribution in [2.24, 2.45) is 4.99 Å². The summed E-state index contributed by atoms with van der Waals surface area (Å²) < 4.78 is 5.52. The molecule has 8 heteroatoms. The Kier molecular flexibility index (Phi) is 8.07. The number of aliphatic imine (C=N–C) groups is 1. The number of aromatic nitrogens is 1. The first kappa shape index (κ1) is 20.3. The normalized spacial score (nSPS) is 17.0. The summed E-state index contributed by atoms with van der Waals surface area (Å²) in [6.45, 7) is 10.2. The molecule has 148 valence electrons. The summed E-state index contributed by atoms with van der Waals surface area (Å²) in [5.74, 6) is 0.876. The predicted octanol–water partition coefficient (Wildman–Crippen LogP) is 2.68. The highest BCUT2D eigenvalue weighted by molar-refractivity contribution is 7.11. The molecule has 1 aliphatic heterocycles. The number of nitrogens with one attached hydrogen (secondary N) is 2. The average molecular weight is 408 g/mol. The van der Waals surface area contributed by atoms with Gasteiger partial charge in [0.2, 0.25) is 0 Å². The summed E-state index contributed by atoms with van der Waals surface area (Å²) in [7, 11) is 0. The molecule has 1 atom stereocenters. The molecule has 0 bridgehead atoms. The van der Waals surface area contributed by atoms with Crippen molar-refractivity contribution in [1.29, 1.82) is 0 Å². The van der Waals surface area contributed by atoms with E-state index in [1.807, 2.05) is 17.5 Å². The van der Waals surface area contributed by atoms with Crippen LogP contribution >= 0.6 is 22.7 Å². The largest absolute Gasteiger partial charge is 0.379 e. The summed E-state index contributed by atoms with van der Waals surface area (Å²) in [6, 6.07) is 4.65. The van der Waals surface area contributed by atoms with E-state index in [1.165, 1.54) is 14.8 Å². The molecule has 0 saturated carbocycles. The second kappa shape index (κ2) is 10.8. The molecule has 0 amide bonds. The first-order valence-electron chi connectivity index (χ1n) is 9.55. The highest BCUT2D eigenvalue weighted by Crippen LogP contribution is 2.26. The van der Waals surface area contributed by atoms with Crippen LogP contribution < -0.4 is 10.6 Å². The van der Waals surface area contributed by atoms with Crippen molar-refractivity contribution in [1.82, 2.24) is 20.5 Å². The monoisotopic (exact) mass is 407 g/mol. The second-order valence-electron chi connectivity index (χ2n) is 6.44. The second-order valence-corrected chi connectivity index (χ2v) is 8.74. The van der Waals surface area contributed by atoms with Crippen LogP contribution in [0.5, 0.6) is 0 Å². The number of morpholine rings is 1. The number of ether oxygens (including phenoxy) is 1. The van der Waals surface area contributed by atoms with Crippen molar-refractivity contribution in [3.05, 3.63) is 38.5 Å². The maximum absolute atomic E-state index is 5.52. The third kappa shape index (κ3) is 6.27. The Morgan fingerprint density at radius 2 is 2.22 bits per heavy atom. The molecular formula is C19H29N5OS2. The van der Waals surface area contributed by atoms with Crippen LogP contribution in [-0.4, -0.2) is 61.8 Å². The molecule has 27 heavy (non-hydrogen) atoms. The fraction of sp³-hybridized carbons (Fsp3) is 0.579. The Bertz CT molecular complexity index is 695. The first-order chi connectivity index (χ1) is 13.3. The van der Waals surface area contributed by atoms with Gasteiger partial charge in [0, 0.05) is 48.6 Å². The molecule has 0 aromatic carbocycles. The number of rotatable bonds is 8. The van der Waals surface area contributed by atoms with Crippen molar-refractivity contribution in [3.63, 3.8) is 0 Å². The average Bonchev–Trinajstić information content (AvgIpc) is 3.35. The molecule has 1 aliphatic rings. The maximum Gasteiger partial charge on any atom is 0.191 e. The van der Waals surface area contributed by atoms with Crippen LogP contribution in [0.1, 0.15) is 27.7 Å². The zero-order chi connectivity index (χ0) is 18.9. The van der Waals surface area contributed by atoms with E-state index < -0.39 is 0 Å². The van der Waals surface area contributed by atoms with Gasteiger partial charge in [-0.2, -0.15) is 0 Å². The van der Waals surface area contributed by atoms with Gasteiger partial charge in [-0.1, -0.05) is 6.07 Å². The lowest BCUT2D eigenvalue weighted by atomic mass is 10.2. The summed E-state index contributed by atoms with van der Waals surface area (Å²) >= 11 is 3.57. The van der Waals surface area contributed by atoms with E-state index in [-0.39, 0.29) is 0 Å². The van der Waals surface area contributed by atoms with Crippen molar-refractivity contribution in [3.8, 4) is 0 Å². The van der Waals surface area contributed by atoms with Gasteiger partial charge in [0.1, 0.15) is 0 Å². The van der Waals surface area contributed by atoms with E-state index in [2.05, 4.69) is 51.9 Å². The fourth-order valence-electron chi connectivity index (χ4n) is 3.08. The van der Waals surface area contributed by atoms with E-state index in [9.17, 15) is 0 Å². The van der Waals surface area contributed by atoms with E-state index >= 15 is 0 Å². The minimum atomic E-state index is 0.311.